The third kappa shape index (κ3) is 2.26. The molecule has 0 spiro atoms. The van der Waals surface area contributed by atoms with Gasteiger partial charge in [-0.2, -0.15) is 0 Å². The van der Waals surface area contributed by atoms with Crippen molar-refractivity contribution in [3.05, 3.63) is 41.5 Å². The van der Waals surface area contributed by atoms with Gasteiger partial charge in [-0.05, 0) is 18.9 Å². The average Bonchev–Trinajstić information content (AvgIpc) is 3.11. The molecule has 1 N–H and O–H groups in total. The van der Waals surface area contributed by atoms with Crippen LogP contribution in [0.4, 0.5) is 0 Å². The van der Waals surface area contributed by atoms with Crippen LogP contribution in [0.15, 0.2) is 34.9 Å². The molecular weight excluding hydrogens is 284 g/mol. The second kappa shape index (κ2) is 5.23. The van der Waals surface area contributed by atoms with Crippen molar-refractivity contribution in [3.8, 4) is 11.3 Å². The summed E-state index contributed by atoms with van der Waals surface area (Å²) in [6.45, 7) is 0. The molecule has 4 rings (SSSR count). The number of rotatable bonds is 2. The maximum atomic E-state index is 6.34. The van der Waals surface area contributed by atoms with Crippen molar-refractivity contribution in [2.24, 2.45) is 0 Å². The lowest BCUT2D eigenvalue weighted by Crippen LogP contribution is -2.04. The van der Waals surface area contributed by atoms with Crippen molar-refractivity contribution in [1.82, 2.24) is 9.97 Å². The summed E-state index contributed by atoms with van der Waals surface area (Å²) >= 11 is 6.34. The Morgan fingerprint density at radius 3 is 2.81 bits per heavy atom. The number of aromatic amines is 1. The van der Waals surface area contributed by atoms with Gasteiger partial charge >= 0.3 is 0 Å². The highest BCUT2D eigenvalue weighted by atomic mass is 35.5. The van der Waals surface area contributed by atoms with Crippen molar-refractivity contribution in [3.63, 3.8) is 0 Å². The lowest BCUT2D eigenvalue weighted by atomic mass is 9.89. The number of nitrogens with zero attached hydrogens (tertiary/aromatic N) is 1. The Labute approximate surface area is 128 Å². The van der Waals surface area contributed by atoms with Gasteiger partial charge in [0.2, 0.25) is 0 Å². The number of aromatic nitrogens is 2. The van der Waals surface area contributed by atoms with Crippen LogP contribution in [0.25, 0.3) is 22.2 Å². The highest BCUT2D eigenvalue weighted by Crippen LogP contribution is 2.39. The monoisotopic (exact) mass is 300 g/mol. The quantitative estimate of drug-likeness (QED) is 0.676. The molecule has 4 heteroatoms. The van der Waals surface area contributed by atoms with Crippen LogP contribution in [0.1, 0.15) is 43.9 Å². The Bertz CT molecular complexity index is 768. The highest BCUT2D eigenvalue weighted by molar-refractivity contribution is 6.32. The zero-order chi connectivity index (χ0) is 14.2. The number of halogens is 1. The first-order chi connectivity index (χ1) is 10.3. The molecule has 0 unspecified atom stereocenters. The van der Waals surface area contributed by atoms with Gasteiger partial charge in [-0.1, -0.05) is 49.1 Å². The van der Waals surface area contributed by atoms with Gasteiger partial charge in [0.25, 0.3) is 0 Å². The van der Waals surface area contributed by atoms with Crippen LogP contribution in [0.2, 0.25) is 5.15 Å². The molecule has 0 atom stereocenters. The maximum absolute atomic E-state index is 6.34. The molecule has 21 heavy (non-hydrogen) atoms. The third-order valence-electron chi connectivity index (χ3n) is 4.39. The van der Waals surface area contributed by atoms with Gasteiger partial charge in [0.15, 0.2) is 16.8 Å². The first kappa shape index (κ1) is 13.0. The number of hydrogen-bond donors (Lipinski definition) is 1. The Balaban J connectivity index is 1.76. The van der Waals surface area contributed by atoms with E-state index >= 15 is 0 Å². The molecular formula is C17H17ClN2O. The topological polar surface area (TPSA) is 41.8 Å². The predicted octanol–water partition coefficient (Wildman–Crippen LogP) is 5.52. The molecule has 2 heterocycles. The summed E-state index contributed by atoms with van der Waals surface area (Å²) in [7, 11) is 0. The minimum absolute atomic E-state index is 0.426. The average molecular weight is 301 g/mol. The Morgan fingerprint density at radius 2 is 1.95 bits per heavy atom. The second-order valence-electron chi connectivity index (χ2n) is 5.75. The zero-order valence-corrected chi connectivity index (χ0v) is 12.5. The molecule has 0 bridgehead atoms. The van der Waals surface area contributed by atoms with E-state index in [0.29, 0.717) is 16.8 Å². The van der Waals surface area contributed by atoms with E-state index in [4.69, 9.17) is 16.0 Å². The summed E-state index contributed by atoms with van der Waals surface area (Å²) in [5.74, 6) is 1.92. The molecule has 0 radical (unpaired) electrons. The molecule has 1 aliphatic rings. The molecule has 3 aromatic rings. The maximum Gasteiger partial charge on any atom is 0.199 e. The molecule has 108 valence electrons. The number of hydrogen-bond acceptors (Lipinski definition) is 2. The minimum Gasteiger partial charge on any atom is -0.439 e. The predicted molar refractivity (Wildman–Crippen MR) is 84.6 cm³/mol. The minimum atomic E-state index is 0.426. The number of nitrogens with one attached hydrogen (secondary N) is 1. The van der Waals surface area contributed by atoms with Crippen LogP contribution in [0.5, 0.6) is 0 Å². The van der Waals surface area contributed by atoms with Gasteiger partial charge in [-0.15, -0.1) is 0 Å². The number of fused-ring (bicyclic) bond motifs is 1. The van der Waals surface area contributed by atoms with Crippen LogP contribution < -0.4 is 0 Å². The fourth-order valence-corrected chi connectivity index (χ4v) is 3.49. The molecule has 1 aromatic carbocycles. The summed E-state index contributed by atoms with van der Waals surface area (Å²) in [4.78, 5) is 7.74. The highest BCUT2D eigenvalue weighted by Gasteiger charge is 2.24. The van der Waals surface area contributed by atoms with Gasteiger partial charge in [0.05, 0.1) is 0 Å². The molecule has 2 aromatic heterocycles. The van der Waals surface area contributed by atoms with Gasteiger partial charge < -0.3 is 9.40 Å². The fourth-order valence-electron chi connectivity index (χ4n) is 3.27. The van der Waals surface area contributed by atoms with E-state index in [9.17, 15) is 0 Å². The Morgan fingerprint density at radius 1 is 1.14 bits per heavy atom. The summed E-state index contributed by atoms with van der Waals surface area (Å²) < 4.78 is 6.04. The van der Waals surface area contributed by atoms with E-state index in [0.717, 1.165) is 35.2 Å². The van der Waals surface area contributed by atoms with Crippen molar-refractivity contribution in [1.29, 1.82) is 0 Å². The number of H-pyrrole nitrogens is 1. The van der Waals surface area contributed by atoms with Crippen LogP contribution in [0.3, 0.4) is 0 Å². The first-order valence-electron chi connectivity index (χ1n) is 7.55. The lowest BCUT2D eigenvalue weighted by molar-refractivity contribution is 0.367. The molecule has 0 amide bonds. The molecule has 1 fully saturated rings. The van der Waals surface area contributed by atoms with Gasteiger partial charge in [0, 0.05) is 28.6 Å². The van der Waals surface area contributed by atoms with Crippen molar-refractivity contribution < 1.29 is 4.42 Å². The van der Waals surface area contributed by atoms with Crippen molar-refractivity contribution >= 4 is 22.5 Å². The standard InChI is InChI=1S/C17H17ClN2O/c18-16-15(13-10-19-14-9-5-4-8-12(13)14)21-17(20-16)11-6-2-1-3-7-11/h4-5,8-11,19H,1-3,6-7H2. The third-order valence-corrected chi connectivity index (χ3v) is 4.65. The normalized spacial score (nSPS) is 16.6. The SMILES string of the molecule is Clc1nc(C2CCCCC2)oc1-c1c[nH]c2ccccc12. The molecule has 3 nitrogen and oxygen atoms in total. The van der Waals surface area contributed by atoms with Crippen molar-refractivity contribution in [2.75, 3.05) is 0 Å². The molecule has 1 aliphatic carbocycles. The number of benzene rings is 1. The molecule has 0 saturated heterocycles. The number of para-hydroxylation sites is 1. The van der Waals surface area contributed by atoms with Crippen LogP contribution >= 0.6 is 11.6 Å². The largest absolute Gasteiger partial charge is 0.439 e. The second-order valence-corrected chi connectivity index (χ2v) is 6.11. The summed E-state index contributed by atoms with van der Waals surface area (Å²) in [5.41, 5.74) is 2.07. The summed E-state index contributed by atoms with van der Waals surface area (Å²) in [5, 5.41) is 1.59. The number of oxazole rings is 1. The van der Waals surface area contributed by atoms with Gasteiger partial charge in [-0.3, -0.25) is 0 Å². The van der Waals surface area contributed by atoms with E-state index in [1.165, 1.54) is 19.3 Å². The van der Waals surface area contributed by atoms with Gasteiger partial charge in [-0.25, -0.2) is 4.98 Å². The Hall–Kier alpha value is -1.74. The Kier molecular flexibility index (Phi) is 3.23. The summed E-state index contributed by atoms with van der Waals surface area (Å²) in [6.07, 6.45) is 8.09. The fraction of sp³-hybridized carbons (Fsp3) is 0.353. The van der Waals surface area contributed by atoms with Crippen molar-refractivity contribution in [2.45, 2.75) is 38.0 Å². The van der Waals surface area contributed by atoms with Gasteiger partial charge in [0.1, 0.15) is 0 Å². The smallest absolute Gasteiger partial charge is 0.199 e. The lowest BCUT2D eigenvalue weighted by Gasteiger charge is -2.17. The van der Waals surface area contributed by atoms with E-state index in [2.05, 4.69) is 16.0 Å². The first-order valence-corrected chi connectivity index (χ1v) is 7.93. The van der Waals surface area contributed by atoms with Crippen LogP contribution in [0, 0.1) is 0 Å². The zero-order valence-electron chi connectivity index (χ0n) is 11.7. The molecule has 0 aliphatic heterocycles. The van der Waals surface area contributed by atoms with Crippen LogP contribution in [-0.4, -0.2) is 9.97 Å². The van der Waals surface area contributed by atoms with E-state index in [-0.39, 0.29) is 0 Å². The van der Waals surface area contributed by atoms with E-state index in [1.807, 2.05) is 24.4 Å². The molecule has 1 saturated carbocycles. The van der Waals surface area contributed by atoms with Crippen LogP contribution in [-0.2, 0) is 0 Å². The van der Waals surface area contributed by atoms with E-state index in [1.54, 1.807) is 0 Å². The summed E-state index contributed by atoms with van der Waals surface area (Å²) in [6, 6.07) is 8.15. The van der Waals surface area contributed by atoms with E-state index < -0.39 is 0 Å².